The summed E-state index contributed by atoms with van der Waals surface area (Å²) < 4.78 is 7.58. The van der Waals surface area contributed by atoms with E-state index in [1.165, 1.54) is 37.8 Å². The normalized spacial score (nSPS) is 15.7. The Morgan fingerprint density at radius 1 is 1.38 bits per heavy atom. The molecule has 1 aliphatic carbocycles. The summed E-state index contributed by atoms with van der Waals surface area (Å²) in [6.45, 7) is 4.44. The van der Waals surface area contributed by atoms with E-state index in [0.717, 1.165) is 11.3 Å². The zero-order valence-electron chi connectivity index (χ0n) is 15.4. The summed E-state index contributed by atoms with van der Waals surface area (Å²) in [5, 5.41) is 12.2. The first kappa shape index (κ1) is 18.1. The second kappa shape index (κ2) is 8.09. The molecule has 0 aromatic carbocycles. The van der Waals surface area contributed by atoms with Gasteiger partial charge in [-0.1, -0.05) is 19.3 Å². The van der Waals surface area contributed by atoms with Crippen LogP contribution in [0.4, 0.5) is 0 Å². The summed E-state index contributed by atoms with van der Waals surface area (Å²) in [5.74, 6) is 0.275. The number of aryl methyl sites for hydroxylation is 1. The molecule has 2 heterocycles. The number of nitriles is 1. The average molecular weight is 351 g/mol. The number of carbonyl (C=O) groups is 1. The van der Waals surface area contributed by atoms with E-state index in [2.05, 4.69) is 29.8 Å². The Labute approximate surface area is 154 Å². The van der Waals surface area contributed by atoms with Gasteiger partial charge in [-0.2, -0.15) is 5.26 Å². The highest BCUT2D eigenvalue weighted by Gasteiger charge is 2.20. The Morgan fingerprint density at radius 3 is 2.81 bits per heavy atom. The van der Waals surface area contributed by atoms with E-state index in [9.17, 15) is 10.1 Å². The largest absolute Gasteiger partial charge is 0.467 e. The van der Waals surface area contributed by atoms with E-state index in [0.29, 0.717) is 11.8 Å². The van der Waals surface area contributed by atoms with E-state index in [1.807, 2.05) is 6.07 Å². The highest BCUT2D eigenvalue weighted by atomic mass is 16.3. The predicted octanol–water partition coefficient (Wildman–Crippen LogP) is 4.43. The number of amides is 1. The first-order valence-electron chi connectivity index (χ1n) is 9.21. The van der Waals surface area contributed by atoms with Crippen molar-refractivity contribution in [3.8, 4) is 6.07 Å². The van der Waals surface area contributed by atoms with E-state index < -0.39 is 0 Å². The van der Waals surface area contributed by atoms with Crippen molar-refractivity contribution < 1.29 is 9.21 Å². The summed E-state index contributed by atoms with van der Waals surface area (Å²) in [5.41, 5.74) is 3.37. The Balaban J connectivity index is 1.78. The van der Waals surface area contributed by atoms with Crippen molar-refractivity contribution in [3.63, 3.8) is 0 Å². The molecule has 26 heavy (non-hydrogen) atoms. The van der Waals surface area contributed by atoms with Gasteiger partial charge in [-0.25, -0.2) is 0 Å². The smallest absolute Gasteiger partial charge is 0.262 e. The van der Waals surface area contributed by atoms with E-state index in [4.69, 9.17) is 4.42 Å². The molecule has 1 N–H and O–H groups in total. The summed E-state index contributed by atoms with van der Waals surface area (Å²) in [6, 6.07) is 8.18. The molecule has 0 aliphatic heterocycles. The fraction of sp³-hybridized carbons (Fsp3) is 0.429. The molecule has 1 amide bonds. The van der Waals surface area contributed by atoms with Crippen LogP contribution in [0.2, 0.25) is 0 Å². The molecule has 136 valence electrons. The first-order valence-corrected chi connectivity index (χ1v) is 9.21. The maximum absolute atomic E-state index is 12.3. The number of nitrogens with zero attached hydrogens (tertiary/aromatic N) is 2. The minimum atomic E-state index is -0.383. The van der Waals surface area contributed by atoms with Crippen molar-refractivity contribution in [2.75, 3.05) is 0 Å². The van der Waals surface area contributed by atoms with Crippen LogP contribution in [0, 0.1) is 25.2 Å². The number of hydrogen-bond acceptors (Lipinski definition) is 3. The quantitative estimate of drug-likeness (QED) is 0.640. The molecule has 3 rings (SSSR count). The van der Waals surface area contributed by atoms with Gasteiger partial charge < -0.3 is 14.3 Å². The van der Waals surface area contributed by atoms with Crippen molar-refractivity contribution in [2.24, 2.45) is 0 Å². The highest BCUT2D eigenvalue weighted by Crippen LogP contribution is 2.32. The number of hydrogen-bond donors (Lipinski definition) is 1. The Bertz CT molecular complexity index is 831. The molecule has 0 radical (unpaired) electrons. The minimum absolute atomic E-state index is 0.112. The molecule has 1 fully saturated rings. The summed E-state index contributed by atoms with van der Waals surface area (Å²) in [6.07, 6.45) is 9.51. The van der Waals surface area contributed by atoms with Gasteiger partial charge in [0, 0.05) is 17.4 Å². The maximum atomic E-state index is 12.3. The van der Waals surface area contributed by atoms with Gasteiger partial charge >= 0.3 is 0 Å². The molecule has 0 spiro atoms. The second-order valence-electron chi connectivity index (χ2n) is 6.92. The van der Waals surface area contributed by atoms with Crippen LogP contribution in [0.5, 0.6) is 0 Å². The molecular formula is C21H25N3O2. The summed E-state index contributed by atoms with van der Waals surface area (Å²) >= 11 is 0. The number of nitrogens with one attached hydrogen (secondary N) is 1. The van der Waals surface area contributed by atoms with Crippen molar-refractivity contribution >= 4 is 12.0 Å². The van der Waals surface area contributed by atoms with E-state index in [-0.39, 0.29) is 18.0 Å². The molecule has 2 aromatic heterocycles. The van der Waals surface area contributed by atoms with Gasteiger partial charge in [0.1, 0.15) is 17.4 Å². The molecule has 0 unspecified atom stereocenters. The standard InChI is InChI=1S/C21H25N3O2/c1-15-11-17(16(2)24(15)19-7-4-3-5-8-19)12-18(13-22)21(25)23-14-20-9-6-10-26-20/h6,9-12,19H,3-5,7-8,14H2,1-2H3,(H,23,25). The molecule has 0 saturated heterocycles. The topological polar surface area (TPSA) is 71.0 Å². The zero-order chi connectivity index (χ0) is 18.5. The van der Waals surface area contributed by atoms with Crippen LogP contribution in [0.3, 0.4) is 0 Å². The monoisotopic (exact) mass is 351 g/mol. The van der Waals surface area contributed by atoms with Crippen LogP contribution >= 0.6 is 0 Å². The van der Waals surface area contributed by atoms with E-state index in [1.54, 1.807) is 24.5 Å². The van der Waals surface area contributed by atoms with Crippen LogP contribution in [0.25, 0.3) is 6.08 Å². The minimum Gasteiger partial charge on any atom is -0.467 e. The van der Waals surface area contributed by atoms with E-state index >= 15 is 0 Å². The van der Waals surface area contributed by atoms with Crippen LogP contribution in [-0.4, -0.2) is 10.5 Å². The SMILES string of the molecule is Cc1cc(C=C(C#N)C(=O)NCc2ccco2)c(C)n1C1CCCCC1. The third kappa shape index (κ3) is 3.91. The molecule has 2 aromatic rings. The van der Waals surface area contributed by atoms with Crippen LogP contribution in [0.15, 0.2) is 34.5 Å². The molecule has 0 bridgehead atoms. The summed E-state index contributed by atoms with van der Waals surface area (Å²) in [4.78, 5) is 12.3. The van der Waals surface area contributed by atoms with Gasteiger partial charge in [-0.05, 0) is 56.5 Å². The lowest BCUT2D eigenvalue weighted by atomic mass is 9.95. The summed E-state index contributed by atoms with van der Waals surface area (Å²) in [7, 11) is 0. The maximum Gasteiger partial charge on any atom is 0.262 e. The Morgan fingerprint density at radius 2 is 2.15 bits per heavy atom. The van der Waals surface area contributed by atoms with Gasteiger partial charge in [0.25, 0.3) is 5.91 Å². The van der Waals surface area contributed by atoms with Crippen molar-refractivity contribution in [1.29, 1.82) is 5.26 Å². The number of furan rings is 1. The molecule has 5 heteroatoms. The lowest BCUT2D eigenvalue weighted by molar-refractivity contribution is -0.117. The third-order valence-corrected chi connectivity index (χ3v) is 5.13. The van der Waals surface area contributed by atoms with Gasteiger partial charge in [0.15, 0.2) is 0 Å². The van der Waals surface area contributed by atoms with Gasteiger partial charge in [0.05, 0.1) is 12.8 Å². The lowest BCUT2D eigenvalue weighted by Crippen LogP contribution is -2.23. The first-order chi connectivity index (χ1) is 12.6. The Kier molecular flexibility index (Phi) is 5.62. The van der Waals surface area contributed by atoms with Crippen LogP contribution in [-0.2, 0) is 11.3 Å². The second-order valence-corrected chi connectivity index (χ2v) is 6.92. The average Bonchev–Trinajstić information content (AvgIpc) is 3.26. The highest BCUT2D eigenvalue weighted by molar-refractivity contribution is 6.01. The number of rotatable bonds is 5. The van der Waals surface area contributed by atoms with Crippen LogP contribution in [0.1, 0.15) is 60.9 Å². The molecule has 0 atom stereocenters. The zero-order valence-corrected chi connectivity index (χ0v) is 15.4. The fourth-order valence-corrected chi connectivity index (χ4v) is 3.83. The third-order valence-electron chi connectivity index (χ3n) is 5.13. The van der Waals surface area contributed by atoms with Crippen molar-refractivity contribution in [2.45, 2.75) is 58.5 Å². The molecular weight excluding hydrogens is 326 g/mol. The Hall–Kier alpha value is -2.74. The van der Waals surface area contributed by atoms with Gasteiger partial charge in [-0.3, -0.25) is 4.79 Å². The van der Waals surface area contributed by atoms with Gasteiger partial charge in [-0.15, -0.1) is 0 Å². The molecule has 5 nitrogen and oxygen atoms in total. The lowest BCUT2D eigenvalue weighted by Gasteiger charge is -2.26. The number of aromatic nitrogens is 1. The predicted molar refractivity (Wildman–Crippen MR) is 100 cm³/mol. The fourth-order valence-electron chi connectivity index (χ4n) is 3.83. The number of carbonyl (C=O) groups excluding carboxylic acids is 1. The van der Waals surface area contributed by atoms with Gasteiger partial charge in [0.2, 0.25) is 0 Å². The molecule has 1 aliphatic rings. The van der Waals surface area contributed by atoms with Crippen molar-refractivity contribution in [3.05, 3.63) is 52.7 Å². The molecule has 1 saturated carbocycles. The van der Waals surface area contributed by atoms with Crippen molar-refractivity contribution in [1.82, 2.24) is 9.88 Å². The van der Waals surface area contributed by atoms with Crippen LogP contribution < -0.4 is 5.32 Å².